The van der Waals surface area contributed by atoms with E-state index in [2.05, 4.69) is 17.6 Å². The smallest absolute Gasteiger partial charge is 0.221 e. The van der Waals surface area contributed by atoms with Gasteiger partial charge in [0.05, 0.1) is 0 Å². The summed E-state index contributed by atoms with van der Waals surface area (Å²) in [5, 5.41) is 6.39. The fourth-order valence-electron chi connectivity index (χ4n) is 2.95. The van der Waals surface area contributed by atoms with E-state index in [1.807, 2.05) is 6.92 Å². The number of nitrogens with one attached hydrogen (secondary N) is 2. The largest absolute Gasteiger partial charge is 0.356 e. The average molecular weight is 254 g/mol. The van der Waals surface area contributed by atoms with Gasteiger partial charge in [0, 0.05) is 25.6 Å². The molecule has 0 radical (unpaired) electrons. The zero-order chi connectivity index (χ0) is 13.2. The number of amides is 1. The predicted octanol–water partition coefficient (Wildman–Crippen LogP) is 2.85. The van der Waals surface area contributed by atoms with Crippen LogP contribution in [-0.4, -0.2) is 25.0 Å². The molecule has 0 aliphatic heterocycles. The number of rotatable bonds is 7. The van der Waals surface area contributed by atoms with Gasteiger partial charge in [-0.25, -0.2) is 0 Å². The molecule has 2 atom stereocenters. The van der Waals surface area contributed by atoms with Crippen LogP contribution in [0.3, 0.4) is 0 Å². The lowest BCUT2D eigenvalue weighted by molar-refractivity contribution is -0.120. The van der Waals surface area contributed by atoms with Gasteiger partial charge in [0.2, 0.25) is 5.91 Å². The van der Waals surface area contributed by atoms with Gasteiger partial charge in [0.1, 0.15) is 0 Å². The molecule has 2 unspecified atom stereocenters. The van der Waals surface area contributed by atoms with Gasteiger partial charge in [-0.05, 0) is 32.1 Å². The molecule has 0 aromatic carbocycles. The van der Waals surface area contributed by atoms with Crippen molar-refractivity contribution in [3.63, 3.8) is 0 Å². The molecular formula is C15H30N2O. The SMILES string of the molecule is CCCC1CCCC(NCCC(=O)NCC)CC1. The number of hydrogen-bond donors (Lipinski definition) is 2. The third kappa shape index (κ3) is 6.39. The van der Waals surface area contributed by atoms with Crippen LogP contribution < -0.4 is 10.6 Å². The molecule has 1 rings (SSSR count). The van der Waals surface area contributed by atoms with E-state index in [9.17, 15) is 4.79 Å². The third-order valence-electron chi connectivity index (χ3n) is 3.94. The van der Waals surface area contributed by atoms with Crippen molar-refractivity contribution < 1.29 is 4.79 Å². The summed E-state index contributed by atoms with van der Waals surface area (Å²) >= 11 is 0. The molecule has 1 saturated carbocycles. The van der Waals surface area contributed by atoms with Crippen LogP contribution in [0, 0.1) is 5.92 Å². The summed E-state index contributed by atoms with van der Waals surface area (Å²) in [6.45, 7) is 5.81. The van der Waals surface area contributed by atoms with E-state index in [4.69, 9.17) is 0 Å². The third-order valence-corrected chi connectivity index (χ3v) is 3.94. The minimum Gasteiger partial charge on any atom is -0.356 e. The van der Waals surface area contributed by atoms with Gasteiger partial charge < -0.3 is 10.6 Å². The number of carbonyl (C=O) groups excluding carboxylic acids is 1. The van der Waals surface area contributed by atoms with Gasteiger partial charge in [-0.1, -0.05) is 32.6 Å². The van der Waals surface area contributed by atoms with Gasteiger partial charge >= 0.3 is 0 Å². The minimum atomic E-state index is 0.169. The quantitative estimate of drug-likeness (QED) is 0.686. The standard InChI is InChI=1S/C15H30N2O/c1-3-6-13-7-5-8-14(10-9-13)17-12-11-15(18)16-4-2/h13-14,17H,3-12H2,1-2H3,(H,16,18). The molecule has 18 heavy (non-hydrogen) atoms. The van der Waals surface area contributed by atoms with Crippen LogP contribution in [0.1, 0.15) is 65.2 Å². The highest BCUT2D eigenvalue weighted by molar-refractivity contribution is 5.75. The van der Waals surface area contributed by atoms with Crippen molar-refractivity contribution in [2.75, 3.05) is 13.1 Å². The fraction of sp³-hybridized carbons (Fsp3) is 0.933. The van der Waals surface area contributed by atoms with Crippen molar-refractivity contribution in [3.05, 3.63) is 0 Å². The lowest BCUT2D eigenvalue weighted by Crippen LogP contribution is -2.33. The second-order valence-electron chi connectivity index (χ2n) is 5.52. The van der Waals surface area contributed by atoms with Crippen LogP contribution in [0.2, 0.25) is 0 Å². The lowest BCUT2D eigenvalue weighted by atomic mass is 9.95. The maximum atomic E-state index is 11.3. The molecule has 2 N–H and O–H groups in total. The van der Waals surface area contributed by atoms with Gasteiger partial charge in [0.25, 0.3) is 0 Å². The topological polar surface area (TPSA) is 41.1 Å². The molecule has 106 valence electrons. The molecule has 3 heteroatoms. The molecule has 0 bridgehead atoms. The van der Waals surface area contributed by atoms with E-state index in [1.165, 1.54) is 44.9 Å². The monoisotopic (exact) mass is 254 g/mol. The Hall–Kier alpha value is -0.570. The van der Waals surface area contributed by atoms with Crippen molar-refractivity contribution in [3.8, 4) is 0 Å². The van der Waals surface area contributed by atoms with E-state index in [1.54, 1.807) is 0 Å². The minimum absolute atomic E-state index is 0.169. The highest BCUT2D eigenvalue weighted by Gasteiger charge is 2.17. The second kappa shape index (κ2) is 9.37. The molecule has 0 spiro atoms. The summed E-state index contributed by atoms with van der Waals surface area (Å²) in [5.74, 6) is 1.12. The lowest BCUT2D eigenvalue weighted by Gasteiger charge is -2.16. The first-order valence-corrected chi connectivity index (χ1v) is 7.76. The summed E-state index contributed by atoms with van der Waals surface area (Å²) in [6, 6.07) is 0.640. The highest BCUT2D eigenvalue weighted by Crippen LogP contribution is 2.26. The molecule has 0 aromatic heterocycles. The predicted molar refractivity (Wildman–Crippen MR) is 76.6 cm³/mol. The second-order valence-corrected chi connectivity index (χ2v) is 5.52. The maximum absolute atomic E-state index is 11.3. The van der Waals surface area contributed by atoms with E-state index in [0.717, 1.165) is 19.0 Å². The van der Waals surface area contributed by atoms with Gasteiger partial charge in [-0.2, -0.15) is 0 Å². The van der Waals surface area contributed by atoms with Crippen molar-refractivity contribution in [1.82, 2.24) is 10.6 Å². The molecule has 1 aliphatic rings. The normalized spacial score (nSPS) is 24.6. The Labute approximate surface area is 112 Å². The molecular weight excluding hydrogens is 224 g/mol. The zero-order valence-electron chi connectivity index (χ0n) is 12.1. The molecule has 0 saturated heterocycles. The molecule has 3 nitrogen and oxygen atoms in total. The Morgan fingerprint density at radius 3 is 2.72 bits per heavy atom. The van der Waals surface area contributed by atoms with E-state index in [-0.39, 0.29) is 5.91 Å². The van der Waals surface area contributed by atoms with Gasteiger partial charge in [-0.3, -0.25) is 4.79 Å². The van der Waals surface area contributed by atoms with Crippen LogP contribution in [0.15, 0.2) is 0 Å². The average Bonchev–Trinajstić information content (AvgIpc) is 2.56. The van der Waals surface area contributed by atoms with Gasteiger partial charge in [0.15, 0.2) is 0 Å². The molecule has 1 amide bonds. The Morgan fingerprint density at radius 2 is 2.00 bits per heavy atom. The van der Waals surface area contributed by atoms with E-state index < -0.39 is 0 Å². The number of hydrogen-bond acceptors (Lipinski definition) is 2. The van der Waals surface area contributed by atoms with Crippen molar-refractivity contribution in [2.45, 2.75) is 71.3 Å². The van der Waals surface area contributed by atoms with Crippen LogP contribution in [-0.2, 0) is 4.79 Å². The first kappa shape index (κ1) is 15.5. The van der Waals surface area contributed by atoms with E-state index >= 15 is 0 Å². The summed E-state index contributed by atoms with van der Waals surface area (Å²) < 4.78 is 0. The zero-order valence-corrected chi connectivity index (χ0v) is 12.1. The van der Waals surface area contributed by atoms with Crippen molar-refractivity contribution in [1.29, 1.82) is 0 Å². The Balaban J connectivity index is 2.13. The van der Waals surface area contributed by atoms with Gasteiger partial charge in [-0.15, -0.1) is 0 Å². The van der Waals surface area contributed by atoms with Crippen LogP contribution in [0.25, 0.3) is 0 Å². The maximum Gasteiger partial charge on any atom is 0.221 e. The Morgan fingerprint density at radius 1 is 1.17 bits per heavy atom. The molecule has 1 aliphatic carbocycles. The fourth-order valence-corrected chi connectivity index (χ4v) is 2.95. The molecule has 0 heterocycles. The van der Waals surface area contributed by atoms with Crippen molar-refractivity contribution in [2.24, 2.45) is 5.92 Å². The highest BCUT2D eigenvalue weighted by atomic mass is 16.1. The molecule has 0 aromatic rings. The Kier molecular flexibility index (Phi) is 8.06. The molecule has 1 fully saturated rings. The van der Waals surface area contributed by atoms with E-state index in [0.29, 0.717) is 12.5 Å². The van der Waals surface area contributed by atoms with Crippen LogP contribution >= 0.6 is 0 Å². The van der Waals surface area contributed by atoms with Crippen LogP contribution in [0.4, 0.5) is 0 Å². The summed E-state index contributed by atoms with van der Waals surface area (Å²) in [7, 11) is 0. The summed E-state index contributed by atoms with van der Waals surface area (Å²) in [6.07, 6.45) is 10.0. The summed E-state index contributed by atoms with van der Waals surface area (Å²) in [4.78, 5) is 11.3. The first-order valence-electron chi connectivity index (χ1n) is 7.76. The Bertz CT molecular complexity index is 231. The van der Waals surface area contributed by atoms with Crippen LogP contribution in [0.5, 0.6) is 0 Å². The first-order chi connectivity index (χ1) is 8.76. The number of carbonyl (C=O) groups is 1. The summed E-state index contributed by atoms with van der Waals surface area (Å²) in [5.41, 5.74) is 0. The van der Waals surface area contributed by atoms with Crippen molar-refractivity contribution >= 4 is 5.91 Å².